The standard InChI is InChI=1S/C27H24N4O5S/c32-27(17-1-2-19-16-35-9-10-37(33,34)26(19)11-17)30-14-20-12-25-18(13-28-20)3-7-24(31-25)23-8-6-22(15-29-23)36-21-4-5-21/h1-3,6-8,11-13,15,21H,4-5,9-10,14,16H2,(H,30,32). The van der Waals surface area contributed by atoms with Crippen molar-refractivity contribution in [2.24, 2.45) is 0 Å². The first-order valence-corrected chi connectivity index (χ1v) is 13.7. The molecule has 0 bridgehead atoms. The number of carbonyl (C=O) groups excluding carboxylic acids is 1. The molecule has 4 heterocycles. The van der Waals surface area contributed by atoms with E-state index < -0.39 is 9.84 Å². The SMILES string of the molecule is O=C(NCc1cc2nc(-c3ccc(OC4CC4)cn3)ccc2cn1)c1ccc2c(c1)S(=O)(=O)CCOC2. The molecule has 9 nitrogen and oxygen atoms in total. The Kier molecular flexibility index (Phi) is 6.05. The van der Waals surface area contributed by atoms with E-state index in [1.54, 1.807) is 24.5 Å². The van der Waals surface area contributed by atoms with Crippen molar-refractivity contribution < 1.29 is 22.7 Å². The summed E-state index contributed by atoms with van der Waals surface area (Å²) in [7, 11) is -3.50. The van der Waals surface area contributed by atoms with Crippen LogP contribution < -0.4 is 10.1 Å². The zero-order valence-corrected chi connectivity index (χ0v) is 20.7. The van der Waals surface area contributed by atoms with Crippen molar-refractivity contribution in [3.05, 3.63) is 77.7 Å². The van der Waals surface area contributed by atoms with Crippen molar-refractivity contribution >= 4 is 26.6 Å². The van der Waals surface area contributed by atoms with Gasteiger partial charge in [0.15, 0.2) is 9.84 Å². The monoisotopic (exact) mass is 516 g/mol. The zero-order chi connectivity index (χ0) is 25.4. The lowest BCUT2D eigenvalue weighted by atomic mass is 10.1. The molecule has 1 aromatic carbocycles. The first kappa shape index (κ1) is 23.5. The summed E-state index contributed by atoms with van der Waals surface area (Å²) in [5.74, 6) is 0.272. The Bertz CT molecular complexity index is 1600. The molecule has 0 radical (unpaired) electrons. The first-order valence-electron chi connectivity index (χ1n) is 12.0. The number of pyridine rings is 3. The van der Waals surface area contributed by atoms with Gasteiger partial charge in [0.05, 0.1) is 65.3 Å². The van der Waals surface area contributed by atoms with Crippen LogP contribution in [0.15, 0.2) is 65.8 Å². The summed E-state index contributed by atoms with van der Waals surface area (Å²) in [5.41, 5.74) is 3.65. The molecule has 1 N–H and O–H groups in total. The van der Waals surface area contributed by atoms with E-state index in [0.29, 0.717) is 17.4 Å². The summed E-state index contributed by atoms with van der Waals surface area (Å²) >= 11 is 0. The van der Waals surface area contributed by atoms with Crippen LogP contribution in [0, 0.1) is 0 Å². The lowest BCUT2D eigenvalue weighted by molar-refractivity contribution is 0.0950. The van der Waals surface area contributed by atoms with Gasteiger partial charge in [0.25, 0.3) is 5.91 Å². The number of nitrogens with one attached hydrogen (secondary N) is 1. The number of nitrogens with zero attached hydrogens (tertiary/aromatic N) is 3. The molecule has 0 unspecified atom stereocenters. The van der Waals surface area contributed by atoms with Crippen LogP contribution >= 0.6 is 0 Å². The predicted octanol–water partition coefficient (Wildman–Crippen LogP) is 3.47. The van der Waals surface area contributed by atoms with Crippen molar-refractivity contribution in [2.45, 2.75) is 37.0 Å². The molecule has 2 aliphatic rings. The fourth-order valence-corrected chi connectivity index (χ4v) is 5.51. The third-order valence-corrected chi connectivity index (χ3v) is 8.06. The highest BCUT2D eigenvalue weighted by Crippen LogP contribution is 2.28. The lowest BCUT2D eigenvalue weighted by Gasteiger charge is -2.10. The molecule has 1 saturated carbocycles. The van der Waals surface area contributed by atoms with Crippen molar-refractivity contribution in [3.8, 4) is 17.1 Å². The normalized spacial score (nSPS) is 16.5. The van der Waals surface area contributed by atoms with Crippen LogP contribution in [0.1, 0.15) is 34.5 Å². The van der Waals surface area contributed by atoms with Gasteiger partial charge in [0, 0.05) is 17.1 Å². The number of hydrogen-bond acceptors (Lipinski definition) is 8. The van der Waals surface area contributed by atoms with Gasteiger partial charge in [-0.25, -0.2) is 13.4 Å². The number of ether oxygens (including phenoxy) is 2. The summed E-state index contributed by atoms with van der Waals surface area (Å²) in [4.78, 5) is 26.6. The number of sulfone groups is 1. The Hall–Kier alpha value is -3.89. The molecule has 37 heavy (non-hydrogen) atoms. The van der Waals surface area contributed by atoms with E-state index in [4.69, 9.17) is 14.5 Å². The molecular formula is C27H24N4O5S. The van der Waals surface area contributed by atoms with Crippen LogP contribution in [-0.4, -0.2) is 47.7 Å². The van der Waals surface area contributed by atoms with E-state index in [2.05, 4.69) is 15.3 Å². The van der Waals surface area contributed by atoms with Gasteiger partial charge in [-0.15, -0.1) is 0 Å². The highest BCUT2D eigenvalue weighted by atomic mass is 32.2. The summed E-state index contributed by atoms with van der Waals surface area (Å²) in [6.45, 7) is 0.511. The highest BCUT2D eigenvalue weighted by Gasteiger charge is 2.24. The lowest BCUT2D eigenvalue weighted by Crippen LogP contribution is -2.23. The van der Waals surface area contributed by atoms with E-state index >= 15 is 0 Å². The molecule has 10 heteroatoms. The van der Waals surface area contributed by atoms with Crippen molar-refractivity contribution in [1.82, 2.24) is 20.3 Å². The predicted molar refractivity (Wildman–Crippen MR) is 136 cm³/mol. The quantitative estimate of drug-likeness (QED) is 0.414. The molecule has 1 aliphatic heterocycles. The molecule has 1 aliphatic carbocycles. The van der Waals surface area contributed by atoms with Crippen LogP contribution in [0.3, 0.4) is 0 Å². The molecule has 0 atom stereocenters. The summed E-state index contributed by atoms with van der Waals surface area (Å²) in [6, 6.07) is 14.1. The van der Waals surface area contributed by atoms with Crippen molar-refractivity contribution in [1.29, 1.82) is 0 Å². The van der Waals surface area contributed by atoms with Crippen LogP contribution in [0.2, 0.25) is 0 Å². The van der Waals surface area contributed by atoms with Gasteiger partial charge in [-0.3, -0.25) is 14.8 Å². The van der Waals surface area contributed by atoms with Gasteiger partial charge < -0.3 is 14.8 Å². The smallest absolute Gasteiger partial charge is 0.251 e. The van der Waals surface area contributed by atoms with Crippen LogP contribution in [0.5, 0.6) is 5.75 Å². The van der Waals surface area contributed by atoms with Crippen molar-refractivity contribution in [3.63, 3.8) is 0 Å². The topological polar surface area (TPSA) is 120 Å². The average molecular weight is 517 g/mol. The molecule has 4 aromatic rings. The fourth-order valence-electron chi connectivity index (χ4n) is 4.12. The Balaban J connectivity index is 1.18. The maximum absolute atomic E-state index is 12.8. The van der Waals surface area contributed by atoms with Gasteiger partial charge >= 0.3 is 0 Å². The highest BCUT2D eigenvalue weighted by molar-refractivity contribution is 7.91. The molecule has 0 spiro atoms. The number of amides is 1. The average Bonchev–Trinajstić information content (AvgIpc) is 3.75. The molecule has 188 valence electrons. The van der Waals surface area contributed by atoms with Crippen LogP contribution in [-0.2, 0) is 27.7 Å². The second kappa shape index (κ2) is 9.53. The summed E-state index contributed by atoms with van der Waals surface area (Å²) < 4.78 is 36.2. The molecule has 1 amide bonds. The Labute approximate surface area is 213 Å². The fraction of sp³-hybridized carbons (Fsp3) is 0.259. The molecule has 0 saturated heterocycles. The molecule has 1 fully saturated rings. The largest absolute Gasteiger partial charge is 0.489 e. The minimum absolute atomic E-state index is 0.102. The first-order chi connectivity index (χ1) is 17.9. The van der Waals surface area contributed by atoms with E-state index in [-0.39, 0.29) is 41.9 Å². The zero-order valence-electron chi connectivity index (χ0n) is 19.9. The van der Waals surface area contributed by atoms with Gasteiger partial charge in [0.1, 0.15) is 5.75 Å². The maximum Gasteiger partial charge on any atom is 0.251 e. The van der Waals surface area contributed by atoms with Crippen LogP contribution in [0.25, 0.3) is 22.3 Å². The van der Waals surface area contributed by atoms with Gasteiger partial charge in [0.2, 0.25) is 0 Å². The Morgan fingerprint density at radius 1 is 1.03 bits per heavy atom. The number of carbonyl (C=O) groups is 1. The third kappa shape index (κ3) is 5.16. The van der Waals surface area contributed by atoms with Crippen molar-refractivity contribution in [2.75, 3.05) is 12.4 Å². The van der Waals surface area contributed by atoms with Crippen LogP contribution in [0.4, 0.5) is 0 Å². The van der Waals surface area contributed by atoms with Gasteiger partial charge in [-0.05, 0) is 60.9 Å². The second-order valence-corrected chi connectivity index (χ2v) is 11.2. The minimum Gasteiger partial charge on any atom is -0.489 e. The van der Waals surface area contributed by atoms with E-state index in [0.717, 1.165) is 40.9 Å². The number of benzene rings is 1. The van der Waals surface area contributed by atoms with Gasteiger partial charge in [-0.1, -0.05) is 6.07 Å². The molecule has 3 aromatic heterocycles. The van der Waals surface area contributed by atoms with E-state index in [1.807, 2.05) is 30.3 Å². The Morgan fingerprint density at radius 2 is 1.89 bits per heavy atom. The summed E-state index contributed by atoms with van der Waals surface area (Å²) in [6.07, 6.45) is 5.93. The van der Waals surface area contributed by atoms with E-state index in [9.17, 15) is 13.2 Å². The van der Waals surface area contributed by atoms with E-state index in [1.165, 1.54) is 6.07 Å². The third-order valence-electron chi connectivity index (χ3n) is 6.30. The second-order valence-electron chi connectivity index (χ2n) is 9.14. The number of fused-ring (bicyclic) bond motifs is 2. The van der Waals surface area contributed by atoms with Gasteiger partial charge in [-0.2, -0.15) is 0 Å². The number of aromatic nitrogens is 3. The number of rotatable bonds is 6. The molecular weight excluding hydrogens is 492 g/mol. The minimum atomic E-state index is -3.50. The Morgan fingerprint density at radius 3 is 2.70 bits per heavy atom. The number of hydrogen-bond donors (Lipinski definition) is 1. The molecule has 6 rings (SSSR count). The summed E-state index contributed by atoms with van der Waals surface area (Å²) in [5, 5.41) is 3.69. The maximum atomic E-state index is 12.8.